The van der Waals surface area contributed by atoms with Crippen LogP contribution in [-0.4, -0.2) is 35.1 Å². The molecule has 1 aromatic rings. The van der Waals surface area contributed by atoms with Crippen LogP contribution < -0.4 is 5.32 Å². The summed E-state index contributed by atoms with van der Waals surface area (Å²) in [4.78, 5) is 19.7. The number of aromatic nitrogens is 2. The minimum absolute atomic E-state index is 0.185. The van der Waals surface area contributed by atoms with Gasteiger partial charge in [-0.05, 0) is 25.7 Å². The van der Waals surface area contributed by atoms with Crippen molar-refractivity contribution in [3.05, 3.63) is 23.2 Å². The van der Waals surface area contributed by atoms with E-state index < -0.39 is 0 Å². The Morgan fingerprint density at radius 1 is 1.39 bits per heavy atom. The first kappa shape index (κ1) is 13.2. The highest BCUT2D eigenvalue weighted by Crippen LogP contribution is 2.20. The van der Waals surface area contributed by atoms with E-state index in [-0.39, 0.29) is 22.8 Å². The number of carbonyl (C=O) groups is 1. The van der Waals surface area contributed by atoms with Crippen molar-refractivity contribution in [2.24, 2.45) is 0 Å². The fourth-order valence-corrected chi connectivity index (χ4v) is 2.30. The molecule has 0 radical (unpaired) electrons. The number of nitrogens with one attached hydrogen (secondary N) is 1. The molecule has 0 saturated heterocycles. The predicted octanol–water partition coefficient (Wildman–Crippen LogP) is 1.82. The summed E-state index contributed by atoms with van der Waals surface area (Å²) >= 11 is 5.70. The Balaban J connectivity index is 1.89. The number of methoxy groups -OCH3 is 1. The number of rotatable bonds is 3. The molecule has 1 aromatic heterocycles. The minimum Gasteiger partial charge on any atom is -0.381 e. The predicted molar refractivity (Wildman–Crippen MR) is 67.6 cm³/mol. The molecule has 1 aliphatic rings. The van der Waals surface area contributed by atoms with Gasteiger partial charge in [0.1, 0.15) is 10.8 Å². The van der Waals surface area contributed by atoms with Crippen molar-refractivity contribution in [1.29, 1.82) is 0 Å². The van der Waals surface area contributed by atoms with E-state index in [0.717, 1.165) is 25.7 Å². The summed E-state index contributed by atoms with van der Waals surface area (Å²) in [7, 11) is 1.73. The molecule has 2 rings (SSSR count). The Bertz CT molecular complexity index is 420. The molecule has 18 heavy (non-hydrogen) atoms. The number of nitrogens with zero attached hydrogens (tertiary/aromatic N) is 2. The fourth-order valence-electron chi connectivity index (χ4n) is 2.15. The van der Waals surface area contributed by atoms with Crippen LogP contribution in [0.25, 0.3) is 0 Å². The summed E-state index contributed by atoms with van der Waals surface area (Å²) in [6, 6.07) is 0.185. The highest BCUT2D eigenvalue weighted by atomic mass is 35.5. The molecule has 1 aliphatic carbocycles. The van der Waals surface area contributed by atoms with Crippen LogP contribution >= 0.6 is 11.6 Å². The molecule has 6 heteroatoms. The molecule has 0 bridgehead atoms. The topological polar surface area (TPSA) is 64.1 Å². The molecule has 0 aromatic carbocycles. The molecule has 0 atom stereocenters. The average molecular weight is 270 g/mol. The highest BCUT2D eigenvalue weighted by molar-refractivity contribution is 6.29. The quantitative estimate of drug-likeness (QED) is 0.909. The van der Waals surface area contributed by atoms with Crippen molar-refractivity contribution >= 4 is 17.5 Å². The molecule has 1 amide bonds. The molecule has 0 aliphatic heterocycles. The van der Waals surface area contributed by atoms with Crippen LogP contribution in [-0.2, 0) is 4.74 Å². The van der Waals surface area contributed by atoms with Crippen molar-refractivity contribution in [2.75, 3.05) is 7.11 Å². The largest absolute Gasteiger partial charge is 0.381 e. The van der Waals surface area contributed by atoms with Gasteiger partial charge >= 0.3 is 0 Å². The zero-order valence-electron chi connectivity index (χ0n) is 10.2. The van der Waals surface area contributed by atoms with Gasteiger partial charge in [-0.25, -0.2) is 4.98 Å². The lowest BCUT2D eigenvalue weighted by molar-refractivity contribution is 0.0598. The Labute approximate surface area is 111 Å². The number of halogens is 1. The number of hydrogen-bond donors (Lipinski definition) is 1. The van der Waals surface area contributed by atoms with E-state index in [4.69, 9.17) is 16.3 Å². The lowest BCUT2D eigenvalue weighted by atomic mass is 9.93. The second kappa shape index (κ2) is 6.11. The first-order valence-corrected chi connectivity index (χ1v) is 6.38. The van der Waals surface area contributed by atoms with Crippen LogP contribution in [0.4, 0.5) is 0 Å². The van der Waals surface area contributed by atoms with Crippen LogP contribution in [0.2, 0.25) is 5.15 Å². The molecule has 1 heterocycles. The molecule has 1 fully saturated rings. The third kappa shape index (κ3) is 3.40. The molecular formula is C12H16ClN3O2. The first-order chi connectivity index (χ1) is 8.69. The number of amides is 1. The number of carbonyl (C=O) groups excluding carboxylic acids is 1. The molecule has 98 valence electrons. The van der Waals surface area contributed by atoms with Gasteiger partial charge in [0, 0.05) is 13.2 Å². The minimum atomic E-state index is -0.217. The van der Waals surface area contributed by atoms with Gasteiger partial charge in [-0.3, -0.25) is 9.78 Å². The summed E-state index contributed by atoms with van der Waals surface area (Å²) in [5, 5.41) is 3.18. The van der Waals surface area contributed by atoms with E-state index in [1.54, 1.807) is 7.11 Å². The highest BCUT2D eigenvalue weighted by Gasteiger charge is 2.22. The normalized spacial score (nSPS) is 23.7. The Kier molecular flexibility index (Phi) is 4.49. The Morgan fingerprint density at radius 2 is 2.11 bits per heavy atom. The molecule has 0 spiro atoms. The van der Waals surface area contributed by atoms with Crippen LogP contribution in [0.1, 0.15) is 36.2 Å². The van der Waals surface area contributed by atoms with E-state index in [9.17, 15) is 4.79 Å². The van der Waals surface area contributed by atoms with Gasteiger partial charge in [0.25, 0.3) is 5.91 Å². The monoisotopic (exact) mass is 269 g/mol. The smallest absolute Gasteiger partial charge is 0.271 e. The van der Waals surface area contributed by atoms with Gasteiger partial charge in [0.2, 0.25) is 0 Å². The van der Waals surface area contributed by atoms with Crippen LogP contribution in [0, 0.1) is 0 Å². The van der Waals surface area contributed by atoms with Gasteiger partial charge in [0.05, 0.1) is 18.5 Å². The van der Waals surface area contributed by atoms with Crippen LogP contribution in [0.15, 0.2) is 12.4 Å². The van der Waals surface area contributed by atoms with Crippen molar-refractivity contribution in [1.82, 2.24) is 15.3 Å². The maximum atomic E-state index is 11.9. The molecule has 1 saturated carbocycles. The zero-order valence-corrected chi connectivity index (χ0v) is 11.0. The summed E-state index contributed by atoms with van der Waals surface area (Å²) in [5.41, 5.74) is 0.261. The summed E-state index contributed by atoms with van der Waals surface area (Å²) in [6.07, 6.45) is 6.95. The van der Waals surface area contributed by atoms with Crippen molar-refractivity contribution in [3.8, 4) is 0 Å². The van der Waals surface area contributed by atoms with Gasteiger partial charge < -0.3 is 10.1 Å². The summed E-state index contributed by atoms with van der Waals surface area (Å²) in [5.74, 6) is -0.217. The Morgan fingerprint density at radius 3 is 2.72 bits per heavy atom. The van der Waals surface area contributed by atoms with Crippen LogP contribution in [0.5, 0.6) is 0 Å². The van der Waals surface area contributed by atoms with E-state index in [1.165, 1.54) is 12.4 Å². The van der Waals surface area contributed by atoms with E-state index in [2.05, 4.69) is 15.3 Å². The van der Waals surface area contributed by atoms with Crippen LogP contribution in [0.3, 0.4) is 0 Å². The first-order valence-electron chi connectivity index (χ1n) is 6.00. The van der Waals surface area contributed by atoms with Gasteiger partial charge in [-0.1, -0.05) is 11.6 Å². The molecule has 5 nitrogen and oxygen atoms in total. The van der Waals surface area contributed by atoms with E-state index in [1.807, 2.05) is 0 Å². The maximum absolute atomic E-state index is 11.9. The SMILES string of the molecule is COC1CCC(NC(=O)c2cncc(Cl)n2)CC1. The molecular weight excluding hydrogens is 254 g/mol. The summed E-state index contributed by atoms with van der Waals surface area (Å²) in [6.45, 7) is 0. The second-order valence-corrected chi connectivity index (χ2v) is 4.80. The van der Waals surface area contributed by atoms with Crippen molar-refractivity contribution in [3.63, 3.8) is 0 Å². The fraction of sp³-hybridized carbons (Fsp3) is 0.583. The molecule has 0 unspecified atom stereocenters. The van der Waals surface area contributed by atoms with Crippen molar-refractivity contribution < 1.29 is 9.53 Å². The standard InChI is InChI=1S/C12H16ClN3O2/c1-18-9-4-2-8(3-5-9)15-12(17)10-6-14-7-11(13)16-10/h6-9H,2-5H2,1H3,(H,15,17). The lowest BCUT2D eigenvalue weighted by Crippen LogP contribution is -2.39. The maximum Gasteiger partial charge on any atom is 0.271 e. The van der Waals surface area contributed by atoms with Gasteiger partial charge in [-0.15, -0.1) is 0 Å². The third-order valence-electron chi connectivity index (χ3n) is 3.18. The van der Waals surface area contributed by atoms with E-state index >= 15 is 0 Å². The van der Waals surface area contributed by atoms with Gasteiger partial charge in [0.15, 0.2) is 0 Å². The summed E-state index contributed by atoms with van der Waals surface area (Å²) < 4.78 is 5.29. The Hall–Kier alpha value is -1.20. The lowest BCUT2D eigenvalue weighted by Gasteiger charge is -2.28. The molecule has 1 N–H and O–H groups in total. The second-order valence-electron chi connectivity index (χ2n) is 4.41. The van der Waals surface area contributed by atoms with Crippen molar-refractivity contribution in [2.45, 2.75) is 37.8 Å². The van der Waals surface area contributed by atoms with Gasteiger partial charge in [-0.2, -0.15) is 0 Å². The number of hydrogen-bond acceptors (Lipinski definition) is 4. The number of ether oxygens (including phenoxy) is 1. The third-order valence-corrected chi connectivity index (χ3v) is 3.36. The zero-order chi connectivity index (χ0) is 13.0. The average Bonchev–Trinajstić information content (AvgIpc) is 2.39. The van der Waals surface area contributed by atoms with E-state index in [0.29, 0.717) is 6.10 Å².